The number of carbonyl (C=O) groups is 1. The lowest BCUT2D eigenvalue weighted by Crippen LogP contribution is -2.39. The van der Waals surface area contributed by atoms with Crippen molar-refractivity contribution >= 4 is 5.91 Å². The molecule has 132 valence electrons. The van der Waals surface area contributed by atoms with Gasteiger partial charge < -0.3 is 10.4 Å². The van der Waals surface area contributed by atoms with E-state index in [9.17, 15) is 23.1 Å². The summed E-state index contributed by atoms with van der Waals surface area (Å²) in [6.07, 6.45) is 0.185. The third kappa shape index (κ3) is 4.01. The zero-order chi connectivity index (χ0) is 17.3. The number of aromatic hydroxyl groups is 1. The molecule has 1 fully saturated rings. The highest BCUT2D eigenvalue weighted by Gasteiger charge is 2.35. The van der Waals surface area contributed by atoms with Crippen LogP contribution >= 0.6 is 0 Å². The number of benzene rings is 1. The fourth-order valence-electron chi connectivity index (χ4n) is 3.57. The summed E-state index contributed by atoms with van der Waals surface area (Å²) in [7, 11) is 0. The molecule has 7 heteroatoms. The van der Waals surface area contributed by atoms with Crippen molar-refractivity contribution in [3.8, 4) is 5.75 Å². The van der Waals surface area contributed by atoms with Crippen LogP contribution in [0, 0.1) is 0 Å². The van der Waals surface area contributed by atoms with Crippen molar-refractivity contribution in [2.45, 2.75) is 44.3 Å². The fourth-order valence-corrected chi connectivity index (χ4v) is 3.57. The summed E-state index contributed by atoms with van der Waals surface area (Å²) in [6.45, 7) is -0.471. The monoisotopic (exact) mass is 342 g/mol. The van der Waals surface area contributed by atoms with Crippen molar-refractivity contribution in [3.63, 3.8) is 0 Å². The van der Waals surface area contributed by atoms with E-state index >= 15 is 0 Å². The lowest BCUT2D eigenvalue weighted by molar-refractivity contribution is -0.143. The van der Waals surface area contributed by atoms with Crippen LogP contribution in [0.4, 0.5) is 13.2 Å². The number of alkyl halides is 3. The predicted molar refractivity (Wildman–Crippen MR) is 83.1 cm³/mol. The molecular weight excluding hydrogens is 321 g/mol. The van der Waals surface area contributed by atoms with Crippen LogP contribution in [0.3, 0.4) is 0 Å². The van der Waals surface area contributed by atoms with Crippen molar-refractivity contribution in [1.82, 2.24) is 10.2 Å². The molecule has 0 aromatic heterocycles. The number of nitrogens with one attached hydrogen (secondary N) is 1. The molecule has 2 N–H and O–H groups in total. The zero-order valence-electron chi connectivity index (χ0n) is 13.3. The third-order valence-electron chi connectivity index (χ3n) is 4.72. The van der Waals surface area contributed by atoms with Crippen LogP contribution in [-0.4, -0.2) is 47.8 Å². The number of rotatable bonds is 3. The zero-order valence-corrected chi connectivity index (χ0v) is 13.3. The average molecular weight is 342 g/mol. The van der Waals surface area contributed by atoms with Crippen LogP contribution in [0.25, 0.3) is 0 Å². The number of phenolic OH excluding ortho intramolecular Hbond substituents is 1. The van der Waals surface area contributed by atoms with Gasteiger partial charge in [0, 0.05) is 19.1 Å². The van der Waals surface area contributed by atoms with Crippen molar-refractivity contribution in [1.29, 1.82) is 0 Å². The van der Waals surface area contributed by atoms with Crippen molar-refractivity contribution in [2.24, 2.45) is 0 Å². The second kappa shape index (κ2) is 6.63. The molecule has 1 amide bonds. The summed E-state index contributed by atoms with van der Waals surface area (Å²) < 4.78 is 37.2. The minimum Gasteiger partial charge on any atom is -0.507 e. The molecule has 0 radical (unpaired) electrons. The standard InChI is InChI=1S/C17H21F3N2O2/c18-17(19,20)10-22-6-5-13(9-22)21-16(24)14-7-11-3-1-2-4-12(11)8-15(14)23/h7-8,13,23H,1-6,9-10H2,(H,21,24)/t13-/m1/s1. The van der Waals surface area contributed by atoms with Gasteiger partial charge in [0.2, 0.25) is 0 Å². The predicted octanol–water partition coefficient (Wildman–Crippen LogP) is 2.64. The summed E-state index contributed by atoms with van der Waals surface area (Å²) in [5.41, 5.74) is 2.37. The van der Waals surface area contributed by atoms with Crippen LogP contribution in [-0.2, 0) is 12.8 Å². The molecule has 0 spiro atoms. The van der Waals surface area contributed by atoms with Crippen LogP contribution in [0.1, 0.15) is 40.7 Å². The molecule has 1 atom stereocenters. The quantitative estimate of drug-likeness (QED) is 0.888. The number of amides is 1. The normalized spacial score (nSPS) is 21.5. The molecule has 1 heterocycles. The average Bonchev–Trinajstić information content (AvgIpc) is 2.91. The first-order chi connectivity index (χ1) is 11.3. The Bertz CT molecular complexity index is 631. The smallest absolute Gasteiger partial charge is 0.401 e. The molecule has 3 rings (SSSR count). The van der Waals surface area contributed by atoms with Gasteiger partial charge in [-0.1, -0.05) is 0 Å². The van der Waals surface area contributed by atoms with E-state index in [1.807, 2.05) is 0 Å². The Balaban J connectivity index is 1.63. The molecule has 1 aromatic rings. The Labute approximate surface area is 138 Å². The van der Waals surface area contributed by atoms with Gasteiger partial charge >= 0.3 is 6.18 Å². The van der Waals surface area contributed by atoms with Gasteiger partial charge in [0.25, 0.3) is 5.91 Å². The van der Waals surface area contributed by atoms with Gasteiger partial charge in [-0.25, -0.2) is 0 Å². The Morgan fingerprint density at radius 1 is 1.25 bits per heavy atom. The van der Waals surface area contributed by atoms with Gasteiger partial charge in [0.1, 0.15) is 5.75 Å². The van der Waals surface area contributed by atoms with E-state index in [4.69, 9.17) is 0 Å². The van der Waals surface area contributed by atoms with Gasteiger partial charge in [-0.2, -0.15) is 13.2 Å². The van der Waals surface area contributed by atoms with Crippen molar-refractivity contribution in [2.75, 3.05) is 19.6 Å². The largest absolute Gasteiger partial charge is 0.507 e. The van der Waals surface area contributed by atoms with Crippen LogP contribution < -0.4 is 5.32 Å². The molecule has 0 bridgehead atoms. The van der Waals surface area contributed by atoms with Gasteiger partial charge in [-0.15, -0.1) is 0 Å². The molecular formula is C17H21F3N2O2. The van der Waals surface area contributed by atoms with Crippen molar-refractivity contribution < 1.29 is 23.1 Å². The number of halogens is 3. The fraction of sp³-hybridized carbons (Fsp3) is 0.588. The molecule has 4 nitrogen and oxygen atoms in total. The molecule has 24 heavy (non-hydrogen) atoms. The first kappa shape index (κ1) is 17.1. The number of likely N-dealkylation sites (tertiary alicyclic amines) is 1. The summed E-state index contributed by atoms with van der Waals surface area (Å²) in [5.74, 6) is -0.474. The van der Waals surface area contributed by atoms with Crippen LogP contribution in [0.5, 0.6) is 5.75 Å². The number of nitrogens with zero attached hydrogens (tertiary/aromatic N) is 1. The number of hydrogen-bond acceptors (Lipinski definition) is 3. The second-order valence-corrected chi connectivity index (χ2v) is 6.65. The highest BCUT2D eigenvalue weighted by Crippen LogP contribution is 2.29. The number of carbonyl (C=O) groups excluding carboxylic acids is 1. The first-order valence-electron chi connectivity index (χ1n) is 8.26. The number of phenols is 1. The van der Waals surface area contributed by atoms with E-state index in [1.165, 1.54) is 4.90 Å². The maximum atomic E-state index is 12.4. The molecule has 0 saturated carbocycles. The lowest BCUT2D eigenvalue weighted by atomic mass is 9.90. The van der Waals surface area contributed by atoms with E-state index in [0.717, 1.165) is 36.8 Å². The SMILES string of the molecule is O=C(N[C@@H]1CCN(CC(F)(F)F)C1)c1cc2c(cc1O)CCCC2. The summed E-state index contributed by atoms with van der Waals surface area (Å²) in [5, 5.41) is 12.8. The number of aryl methyl sites for hydroxylation is 2. The minimum absolute atomic E-state index is 0.0571. The Kier molecular flexibility index (Phi) is 4.71. The van der Waals surface area contributed by atoms with E-state index in [0.29, 0.717) is 13.0 Å². The highest BCUT2D eigenvalue weighted by molar-refractivity contribution is 5.97. The Morgan fingerprint density at radius 2 is 1.92 bits per heavy atom. The van der Waals surface area contributed by atoms with E-state index in [2.05, 4.69) is 5.32 Å². The minimum atomic E-state index is -4.23. The summed E-state index contributed by atoms with van der Waals surface area (Å²) in [4.78, 5) is 13.7. The van der Waals surface area contributed by atoms with Gasteiger partial charge in [-0.05, 0) is 55.4 Å². The van der Waals surface area contributed by atoms with E-state index in [-0.39, 0.29) is 23.9 Å². The van der Waals surface area contributed by atoms with E-state index in [1.54, 1.807) is 12.1 Å². The lowest BCUT2D eigenvalue weighted by Gasteiger charge is -2.20. The maximum Gasteiger partial charge on any atom is 0.401 e. The Hall–Kier alpha value is -1.76. The molecule has 2 aliphatic rings. The van der Waals surface area contributed by atoms with Crippen LogP contribution in [0.15, 0.2) is 12.1 Å². The molecule has 1 aliphatic carbocycles. The second-order valence-electron chi connectivity index (χ2n) is 6.65. The topological polar surface area (TPSA) is 52.6 Å². The molecule has 1 aliphatic heterocycles. The maximum absolute atomic E-state index is 12.4. The molecule has 0 unspecified atom stereocenters. The first-order valence-corrected chi connectivity index (χ1v) is 8.26. The van der Waals surface area contributed by atoms with Gasteiger partial charge in [0.15, 0.2) is 0 Å². The number of hydrogen-bond donors (Lipinski definition) is 2. The highest BCUT2D eigenvalue weighted by atomic mass is 19.4. The van der Waals surface area contributed by atoms with E-state index < -0.39 is 18.6 Å². The van der Waals surface area contributed by atoms with Gasteiger partial charge in [-0.3, -0.25) is 9.69 Å². The van der Waals surface area contributed by atoms with Crippen LogP contribution in [0.2, 0.25) is 0 Å². The summed E-state index contributed by atoms with van der Waals surface area (Å²) >= 11 is 0. The third-order valence-corrected chi connectivity index (χ3v) is 4.72. The van der Waals surface area contributed by atoms with Crippen molar-refractivity contribution in [3.05, 3.63) is 28.8 Å². The summed E-state index contributed by atoms with van der Waals surface area (Å²) in [6, 6.07) is 3.05. The number of fused-ring (bicyclic) bond motifs is 1. The molecule has 1 aromatic carbocycles. The Morgan fingerprint density at radius 3 is 2.58 bits per heavy atom. The molecule has 1 saturated heterocycles. The van der Waals surface area contributed by atoms with Gasteiger partial charge in [0.05, 0.1) is 12.1 Å².